The number of carbonyl (C=O) groups excluding carboxylic acids is 1. The van der Waals surface area contributed by atoms with Crippen molar-refractivity contribution in [2.24, 2.45) is 5.92 Å². The number of aryl methyl sites for hydroxylation is 1. The summed E-state index contributed by atoms with van der Waals surface area (Å²) in [6.45, 7) is 5.98. The number of benzene rings is 1. The predicted molar refractivity (Wildman–Crippen MR) is 96.8 cm³/mol. The van der Waals surface area contributed by atoms with Gasteiger partial charge in [-0.1, -0.05) is 19.9 Å². The van der Waals surface area contributed by atoms with Crippen LogP contribution in [0.5, 0.6) is 0 Å². The fourth-order valence-corrected chi connectivity index (χ4v) is 3.59. The number of esters is 1. The lowest BCUT2D eigenvalue weighted by Gasteiger charge is -2.33. The number of carbonyl (C=O) groups is 2. The number of nitrogens with zero attached hydrogens (tertiary/aromatic N) is 1. The van der Waals surface area contributed by atoms with E-state index in [0.717, 1.165) is 16.7 Å². The number of carboxylic acid groups (broad SMARTS) is 1. The van der Waals surface area contributed by atoms with Crippen LogP contribution in [0.15, 0.2) is 29.2 Å². The molecule has 1 atom stereocenters. The van der Waals surface area contributed by atoms with E-state index < -0.39 is 17.4 Å². The Hall–Kier alpha value is -2.89. The number of pyridine rings is 1. The van der Waals surface area contributed by atoms with E-state index in [-0.39, 0.29) is 17.5 Å². The number of aromatic nitrogens is 1. The van der Waals surface area contributed by atoms with Crippen LogP contribution in [0.3, 0.4) is 0 Å². The van der Waals surface area contributed by atoms with Crippen molar-refractivity contribution in [1.29, 1.82) is 0 Å². The van der Waals surface area contributed by atoms with Crippen molar-refractivity contribution in [3.63, 3.8) is 0 Å². The summed E-state index contributed by atoms with van der Waals surface area (Å²) in [4.78, 5) is 35.7. The average Bonchev–Trinajstić information content (AvgIpc) is 2.58. The lowest BCUT2D eigenvalue weighted by atomic mass is 9.85. The summed E-state index contributed by atoms with van der Waals surface area (Å²) in [5.41, 5.74) is 2.90. The molecule has 0 bridgehead atoms. The molecule has 136 valence electrons. The van der Waals surface area contributed by atoms with Gasteiger partial charge in [0.25, 0.3) is 0 Å². The van der Waals surface area contributed by atoms with Crippen LogP contribution in [0, 0.1) is 12.8 Å². The number of fused-ring (bicyclic) bond motifs is 3. The van der Waals surface area contributed by atoms with Crippen LogP contribution >= 0.6 is 0 Å². The molecule has 0 aliphatic carbocycles. The minimum Gasteiger partial charge on any atom is -0.477 e. The Kier molecular flexibility index (Phi) is 4.44. The summed E-state index contributed by atoms with van der Waals surface area (Å²) in [7, 11) is 1.33. The molecule has 26 heavy (non-hydrogen) atoms. The van der Waals surface area contributed by atoms with Crippen molar-refractivity contribution in [1.82, 2.24) is 4.57 Å². The number of hydrogen-bond donors (Lipinski definition) is 1. The molecule has 1 aromatic heterocycles. The molecule has 6 heteroatoms. The van der Waals surface area contributed by atoms with Gasteiger partial charge in [0.1, 0.15) is 5.56 Å². The third kappa shape index (κ3) is 2.81. The zero-order valence-corrected chi connectivity index (χ0v) is 15.2. The highest BCUT2D eigenvalue weighted by Crippen LogP contribution is 2.38. The number of carboxylic acids is 1. The van der Waals surface area contributed by atoms with E-state index in [2.05, 4.69) is 13.8 Å². The van der Waals surface area contributed by atoms with Crippen molar-refractivity contribution < 1.29 is 19.4 Å². The van der Waals surface area contributed by atoms with Gasteiger partial charge < -0.3 is 14.4 Å². The third-order valence-electron chi connectivity index (χ3n) is 5.00. The summed E-state index contributed by atoms with van der Waals surface area (Å²) >= 11 is 0. The topological polar surface area (TPSA) is 85.6 Å². The number of hydrogen-bond acceptors (Lipinski definition) is 4. The van der Waals surface area contributed by atoms with Crippen LogP contribution in [-0.4, -0.2) is 28.7 Å². The molecule has 0 spiro atoms. The molecule has 2 aromatic rings. The van der Waals surface area contributed by atoms with Crippen LogP contribution in [0.25, 0.3) is 11.3 Å². The van der Waals surface area contributed by atoms with E-state index in [9.17, 15) is 19.5 Å². The lowest BCUT2D eigenvalue weighted by molar-refractivity contribution is 0.0599. The molecule has 0 saturated heterocycles. The van der Waals surface area contributed by atoms with Crippen molar-refractivity contribution in [2.75, 3.05) is 7.11 Å². The first kappa shape index (κ1) is 17.9. The van der Waals surface area contributed by atoms with E-state index in [1.165, 1.54) is 19.4 Å². The number of aromatic carboxylic acids is 1. The molecule has 1 N–H and O–H groups in total. The van der Waals surface area contributed by atoms with Crippen molar-refractivity contribution >= 4 is 11.9 Å². The second kappa shape index (κ2) is 6.44. The minimum atomic E-state index is -1.24. The first-order valence-electron chi connectivity index (χ1n) is 8.46. The maximum Gasteiger partial charge on any atom is 0.341 e. The lowest BCUT2D eigenvalue weighted by Crippen LogP contribution is -2.28. The second-order valence-corrected chi connectivity index (χ2v) is 6.98. The van der Waals surface area contributed by atoms with Crippen molar-refractivity contribution in [2.45, 2.75) is 33.2 Å². The molecule has 1 aliphatic rings. The van der Waals surface area contributed by atoms with E-state index in [0.29, 0.717) is 17.7 Å². The van der Waals surface area contributed by atoms with Gasteiger partial charge in [0.15, 0.2) is 5.43 Å². The molecule has 1 aromatic carbocycles. The quantitative estimate of drug-likeness (QED) is 0.855. The van der Waals surface area contributed by atoms with Gasteiger partial charge in [-0.15, -0.1) is 0 Å². The highest BCUT2D eigenvalue weighted by Gasteiger charge is 2.29. The Bertz CT molecular complexity index is 971. The second-order valence-electron chi connectivity index (χ2n) is 6.98. The third-order valence-corrected chi connectivity index (χ3v) is 5.00. The molecule has 0 amide bonds. The van der Waals surface area contributed by atoms with Crippen LogP contribution in [0.2, 0.25) is 0 Å². The van der Waals surface area contributed by atoms with Gasteiger partial charge in [0.05, 0.1) is 18.4 Å². The fraction of sp³-hybridized carbons (Fsp3) is 0.350. The monoisotopic (exact) mass is 355 g/mol. The van der Waals surface area contributed by atoms with Crippen LogP contribution < -0.4 is 5.43 Å². The first-order valence-corrected chi connectivity index (χ1v) is 8.46. The smallest absolute Gasteiger partial charge is 0.341 e. The van der Waals surface area contributed by atoms with Gasteiger partial charge in [-0.2, -0.15) is 0 Å². The highest BCUT2D eigenvalue weighted by molar-refractivity contribution is 5.93. The summed E-state index contributed by atoms with van der Waals surface area (Å²) < 4.78 is 6.70. The van der Waals surface area contributed by atoms with Crippen LogP contribution in [0.4, 0.5) is 0 Å². The molecular weight excluding hydrogens is 334 g/mol. The number of methoxy groups -OCH3 is 1. The number of ether oxygens (including phenoxy) is 1. The molecule has 0 radical (unpaired) electrons. The van der Waals surface area contributed by atoms with Crippen molar-refractivity contribution in [3.8, 4) is 11.3 Å². The van der Waals surface area contributed by atoms with Gasteiger partial charge in [-0.3, -0.25) is 4.79 Å². The van der Waals surface area contributed by atoms with Gasteiger partial charge in [0, 0.05) is 23.9 Å². The molecule has 1 unspecified atom stereocenters. The molecule has 6 nitrogen and oxygen atoms in total. The summed E-state index contributed by atoms with van der Waals surface area (Å²) in [5, 5.41) is 9.30. The van der Waals surface area contributed by atoms with E-state index in [4.69, 9.17) is 4.74 Å². The molecular formula is C20H21NO5. The summed E-state index contributed by atoms with van der Waals surface area (Å²) in [6.07, 6.45) is 2.12. The summed E-state index contributed by atoms with van der Waals surface area (Å²) in [6, 6.07) is 5.07. The Balaban J connectivity index is 2.31. The maximum atomic E-state index is 12.3. The Morgan fingerprint density at radius 2 is 1.92 bits per heavy atom. The van der Waals surface area contributed by atoms with E-state index >= 15 is 0 Å². The highest BCUT2D eigenvalue weighted by atomic mass is 16.5. The van der Waals surface area contributed by atoms with Gasteiger partial charge >= 0.3 is 11.9 Å². The SMILES string of the molecule is COC(=O)c1cc2c(cc1C)CC(C(C)C)n1cc(C(=O)O)c(=O)cc1-2. The number of rotatable bonds is 3. The Labute approximate surface area is 151 Å². The molecule has 0 saturated carbocycles. The van der Waals surface area contributed by atoms with E-state index in [1.807, 2.05) is 17.6 Å². The van der Waals surface area contributed by atoms with Crippen LogP contribution in [0.1, 0.15) is 51.7 Å². The molecule has 0 fully saturated rings. The minimum absolute atomic E-state index is 0.0274. The van der Waals surface area contributed by atoms with Crippen molar-refractivity contribution in [3.05, 3.63) is 56.9 Å². The van der Waals surface area contributed by atoms with Crippen LogP contribution in [-0.2, 0) is 11.2 Å². The zero-order chi connectivity index (χ0) is 19.2. The summed E-state index contributed by atoms with van der Waals surface area (Å²) in [5.74, 6) is -1.43. The van der Waals surface area contributed by atoms with Gasteiger partial charge in [0.2, 0.25) is 0 Å². The first-order chi connectivity index (χ1) is 12.2. The Morgan fingerprint density at radius 3 is 2.50 bits per heavy atom. The molecule has 1 aliphatic heterocycles. The normalized spacial score (nSPS) is 15.3. The van der Waals surface area contributed by atoms with Gasteiger partial charge in [-0.25, -0.2) is 9.59 Å². The largest absolute Gasteiger partial charge is 0.477 e. The molecule has 3 rings (SSSR count). The standard InChI is InChI=1S/C20H21NO5/c1-10(2)16-6-12-5-11(3)13(20(25)26-4)7-14(12)17-8-18(22)15(19(23)24)9-21(16)17/h5,7-10,16H,6H2,1-4H3,(H,23,24). The predicted octanol–water partition coefficient (Wildman–Crippen LogP) is 3.06. The molecule has 2 heterocycles. The fourth-order valence-electron chi connectivity index (χ4n) is 3.59. The maximum absolute atomic E-state index is 12.3. The Morgan fingerprint density at radius 1 is 1.23 bits per heavy atom. The zero-order valence-electron chi connectivity index (χ0n) is 15.2. The average molecular weight is 355 g/mol. The van der Waals surface area contributed by atoms with E-state index in [1.54, 1.807) is 6.07 Å². The van der Waals surface area contributed by atoms with Gasteiger partial charge in [-0.05, 0) is 36.5 Å².